The third-order valence-electron chi connectivity index (χ3n) is 12.2. The normalized spacial score (nSPS) is 20.0. The Morgan fingerprint density at radius 1 is 0.420 bits per heavy atom. The van der Waals surface area contributed by atoms with Crippen molar-refractivity contribution >= 4 is 62.4 Å². The average molecular weight is 1160 g/mol. The van der Waals surface area contributed by atoms with Crippen molar-refractivity contribution in [1.82, 2.24) is 0 Å². The van der Waals surface area contributed by atoms with E-state index in [0.29, 0.717) is 17.2 Å². The van der Waals surface area contributed by atoms with E-state index >= 15 is 0 Å². The van der Waals surface area contributed by atoms with E-state index in [9.17, 15) is 0 Å². The second kappa shape index (κ2) is 31.2. The first-order valence-corrected chi connectivity index (χ1v) is 32.7. The molecule has 0 bridgehead atoms. The summed E-state index contributed by atoms with van der Waals surface area (Å²) in [5.41, 5.74) is 4.74. The zero-order valence-corrected chi connectivity index (χ0v) is 41.4. The van der Waals surface area contributed by atoms with E-state index in [1.807, 2.05) is 0 Å². The van der Waals surface area contributed by atoms with Gasteiger partial charge < -0.3 is 0 Å². The van der Waals surface area contributed by atoms with Gasteiger partial charge >= 0.3 is 56.4 Å². The molecule has 0 nitrogen and oxygen atoms in total. The number of benzene rings is 2. The van der Waals surface area contributed by atoms with Crippen LogP contribution in [-0.4, -0.2) is 47.3 Å². The Hall–Kier alpha value is 2.12. The van der Waals surface area contributed by atoms with Crippen molar-refractivity contribution in [2.24, 2.45) is 0 Å². The summed E-state index contributed by atoms with van der Waals surface area (Å²) in [5, 5.41) is 3.24. The quantitative estimate of drug-likeness (QED) is 0.131. The van der Waals surface area contributed by atoms with Crippen LogP contribution in [0.5, 0.6) is 0 Å². The van der Waals surface area contributed by atoms with E-state index in [1.54, 1.807) is 163 Å². The third-order valence-corrected chi connectivity index (χ3v) is 23.7. The topological polar surface area (TPSA) is 0 Å². The van der Waals surface area contributed by atoms with Gasteiger partial charge in [0.15, 0.2) is 0 Å². The zero-order valence-electron chi connectivity index (χ0n) is 31.0. The minimum Gasteiger partial charge on any atom is -0.0620 e. The second-order valence-corrected chi connectivity index (χ2v) is 25.4. The summed E-state index contributed by atoms with van der Waals surface area (Å²) in [6, 6.07) is 22.5. The molecule has 4 fully saturated rings. The molecule has 0 N–H and O–H groups in total. The van der Waals surface area contributed by atoms with Crippen LogP contribution >= 0.6 is 51.8 Å². The Bertz CT molecular complexity index is 909. The largest absolute Gasteiger partial charge is 0.0889 e. The van der Waals surface area contributed by atoms with E-state index in [0.717, 1.165) is 0 Å². The molecule has 0 aromatic heterocycles. The summed E-state index contributed by atoms with van der Waals surface area (Å²) in [4.78, 5) is 0. The van der Waals surface area contributed by atoms with Crippen LogP contribution in [0, 0.1) is 0 Å². The first-order valence-electron chi connectivity index (χ1n) is 20.6. The maximum atomic E-state index is 4.61. The van der Waals surface area contributed by atoms with Crippen molar-refractivity contribution in [3.8, 4) is 0 Å². The Morgan fingerprint density at radius 2 is 0.680 bits per heavy atom. The van der Waals surface area contributed by atoms with E-state index in [4.69, 9.17) is 0 Å². The Labute approximate surface area is 346 Å². The molecule has 8 heteroatoms. The van der Waals surface area contributed by atoms with Crippen molar-refractivity contribution in [2.45, 2.75) is 164 Å². The molecule has 4 aliphatic rings. The zero-order chi connectivity index (χ0) is 35.5. The molecular weight excluding hydrogens is 1090 g/mol. The molecule has 0 heterocycles. The molecule has 2 unspecified atom stereocenters. The monoisotopic (exact) mass is 1160 g/mol. The molecule has 50 heavy (non-hydrogen) atoms. The van der Waals surface area contributed by atoms with Crippen molar-refractivity contribution in [1.29, 1.82) is 0 Å². The molecule has 4 saturated carbocycles. The van der Waals surface area contributed by atoms with Crippen LogP contribution < -0.4 is 10.6 Å². The molecule has 4 aliphatic carbocycles. The summed E-state index contributed by atoms with van der Waals surface area (Å²) >= 11 is 3.22. The number of halogens is 2. The Morgan fingerprint density at radius 3 is 0.940 bits per heavy atom. The summed E-state index contributed by atoms with van der Waals surface area (Å²) in [5.74, 6) is 0. The fourth-order valence-corrected chi connectivity index (χ4v) is 21.8. The van der Waals surface area contributed by atoms with Gasteiger partial charge in [0, 0.05) is 45.8 Å². The van der Waals surface area contributed by atoms with Crippen LogP contribution in [-0.2, 0) is 37.5 Å². The summed E-state index contributed by atoms with van der Waals surface area (Å²) < 4.78 is 0. The second-order valence-electron chi connectivity index (χ2n) is 15.5. The Balaban J connectivity index is 0.000000246. The van der Waals surface area contributed by atoms with Crippen LogP contribution in [0.4, 0.5) is 0 Å². The molecule has 290 valence electrons. The first kappa shape index (κ1) is 46.5. The maximum absolute atomic E-state index is 4.61. The Kier molecular flexibility index (Phi) is 29.0. The van der Waals surface area contributed by atoms with Gasteiger partial charge in [0.05, 0.1) is 57.9 Å². The molecule has 2 aromatic rings. The minimum atomic E-state index is -0.0864. The van der Waals surface area contributed by atoms with Crippen molar-refractivity contribution < 1.29 is 37.5 Å². The summed E-state index contributed by atoms with van der Waals surface area (Å²) in [6.45, 7) is 0. The van der Waals surface area contributed by atoms with Crippen LogP contribution in [0.2, 0.25) is 0 Å². The van der Waals surface area contributed by atoms with E-state index in [1.165, 1.54) is 73.5 Å². The van der Waals surface area contributed by atoms with Gasteiger partial charge in [0.1, 0.15) is 0 Å². The van der Waals surface area contributed by atoms with Crippen molar-refractivity contribution in [3.63, 3.8) is 0 Å². The van der Waals surface area contributed by atoms with Crippen LogP contribution in [0.3, 0.4) is 0 Å². The van der Waals surface area contributed by atoms with Gasteiger partial charge in [0.2, 0.25) is 0 Å². The van der Waals surface area contributed by atoms with E-state index in [-0.39, 0.29) is 15.8 Å². The SMILES string of the molecule is [Cl][Pt].[Cl][Pt].c1ccc([PH2+]CCC[PH+](C2CCCCC2)C2CCCCC2)cc1.c1ccc([PH2+]CCC[PH+](C2CCCCC2)C2CCCCC2)cc1. The number of hydrogen-bond donors (Lipinski definition) is 0. The fourth-order valence-electron chi connectivity index (χ4n) is 9.70. The molecule has 2 atom stereocenters. The van der Waals surface area contributed by atoms with Crippen molar-refractivity contribution in [3.05, 3.63) is 60.7 Å². The molecule has 2 aromatic carbocycles. The molecule has 6 rings (SSSR count). The van der Waals surface area contributed by atoms with Gasteiger partial charge in [-0.2, -0.15) is 0 Å². The molecule has 0 radical (unpaired) electrons. The van der Waals surface area contributed by atoms with Gasteiger partial charge in [0.25, 0.3) is 0 Å². The summed E-state index contributed by atoms with van der Waals surface area (Å²) in [7, 11) is 10.1. The van der Waals surface area contributed by atoms with Crippen LogP contribution in [0.1, 0.15) is 141 Å². The van der Waals surface area contributed by atoms with Gasteiger partial charge in [-0.3, -0.25) is 0 Å². The molecule has 0 amide bonds. The maximum Gasteiger partial charge on any atom is 0.0889 e. The standard InChI is InChI=1S/2C21H34P2.2ClH.2Pt/c2*1-4-11-19(12-5-1)22-17-10-18-23(20-13-6-2-7-14-20)21-15-8-3-9-16-21;;;;/h2*1,4-5,11-12,20-22H,2-3,6-10,13-18H2;2*1H;;/q;;;;2*+1/p+2. The predicted molar refractivity (Wildman–Crippen MR) is 236 cm³/mol. The van der Waals surface area contributed by atoms with Gasteiger partial charge in [-0.05, 0) is 127 Å². The van der Waals surface area contributed by atoms with Crippen LogP contribution in [0.15, 0.2) is 60.7 Å². The van der Waals surface area contributed by atoms with Crippen LogP contribution in [0.25, 0.3) is 0 Å². The van der Waals surface area contributed by atoms with E-state index in [2.05, 4.69) is 79.5 Å². The minimum absolute atomic E-state index is 0.0864. The summed E-state index contributed by atoms with van der Waals surface area (Å²) in [6.07, 6.45) is 40.5. The predicted octanol–water partition coefficient (Wildman–Crippen LogP) is 13.4. The molecule has 0 aliphatic heterocycles. The van der Waals surface area contributed by atoms with Gasteiger partial charge in [-0.25, -0.2) is 0 Å². The third kappa shape index (κ3) is 18.8. The van der Waals surface area contributed by atoms with Crippen molar-refractivity contribution in [2.75, 3.05) is 24.6 Å². The van der Waals surface area contributed by atoms with Gasteiger partial charge in [-0.15, -0.1) is 0 Å². The smallest absolute Gasteiger partial charge is 0.0620 e. The molecular formula is C42H72Cl2P4Pt2+4. The number of hydrogen-bond acceptors (Lipinski definition) is 0. The fraction of sp³-hybridized carbons (Fsp3) is 0.714. The molecule has 0 spiro atoms. The molecule has 0 saturated heterocycles. The first-order chi connectivity index (χ1) is 24.9. The van der Waals surface area contributed by atoms with Gasteiger partial charge in [-0.1, -0.05) is 62.1 Å². The average Bonchev–Trinajstić information content (AvgIpc) is 3.22. The van der Waals surface area contributed by atoms with E-state index < -0.39 is 0 Å². The number of rotatable bonds is 14.